The molecule has 7 heteroatoms. The topological polar surface area (TPSA) is 90.2 Å². The number of nitro groups is 1. The van der Waals surface area contributed by atoms with Crippen LogP contribution in [0.1, 0.15) is 12.6 Å². The molecule has 1 heterocycles. The monoisotopic (exact) mass is 230 g/mol. The molecule has 0 fully saturated rings. The summed E-state index contributed by atoms with van der Waals surface area (Å²) in [5.41, 5.74) is -0.0323. The maximum atomic E-state index is 11.5. The van der Waals surface area contributed by atoms with Crippen molar-refractivity contribution in [3.63, 3.8) is 0 Å². The van der Waals surface area contributed by atoms with Gasteiger partial charge >= 0.3 is 5.69 Å². The van der Waals surface area contributed by atoms with Gasteiger partial charge in [-0.1, -0.05) is 6.92 Å². The maximum Gasteiger partial charge on any atom is 0.306 e. The number of nitrogens with zero attached hydrogens (tertiary/aromatic N) is 2. The summed E-state index contributed by atoms with van der Waals surface area (Å²) < 4.78 is 23.0. The van der Waals surface area contributed by atoms with E-state index in [1.807, 2.05) is 0 Å². The van der Waals surface area contributed by atoms with Crippen LogP contribution >= 0.6 is 0 Å². The van der Waals surface area contributed by atoms with E-state index in [2.05, 4.69) is 4.98 Å². The van der Waals surface area contributed by atoms with Gasteiger partial charge in [-0.3, -0.25) is 10.1 Å². The molecule has 0 aromatic carbocycles. The zero-order valence-corrected chi connectivity index (χ0v) is 9.11. The van der Waals surface area contributed by atoms with Gasteiger partial charge in [-0.25, -0.2) is 13.4 Å². The molecule has 1 aromatic heterocycles. The van der Waals surface area contributed by atoms with Crippen LogP contribution in [-0.4, -0.2) is 24.1 Å². The molecule has 0 bridgehead atoms. The SMILES string of the molecule is CCS(=O)(=O)c1nc(C)ccc1[N+](=O)[O-]. The second-order valence-corrected chi connectivity index (χ2v) is 5.13. The maximum absolute atomic E-state index is 11.5. The molecule has 0 spiro atoms. The van der Waals surface area contributed by atoms with E-state index in [0.29, 0.717) is 5.69 Å². The van der Waals surface area contributed by atoms with Crippen LogP contribution in [0.25, 0.3) is 0 Å². The number of rotatable bonds is 3. The first kappa shape index (κ1) is 11.6. The van der Waals surface area contributed by atoms with Crippen LogP contribution < -0.4 is 0 Å². The molecule has 0 saturated carbocycles. The Balaban J connectivity index is 3.51. The van der Waals surface area contributed by atoms with Gasteiger partial charge in [-0.05, 0) is 13.0 Å². The molecule has 0 atom stereocenters. The summed E-state index contributed by atoms with van der Waals surface area (Å²) in [6, 6.07) is 2.57. The molecular formula is C8H10N2O4S. The van der Waals surface area contributed by atoms with Crippen LogP contribution in [0.4, 0.5) is 5.69 Å². The lowest BCUT2D eigenvalue weighted by Gasteiger charge is -2.02. The molecule has 82 valence electrons. The lowest BCUT2D eigenvalue weighted by Crippen LogP contribution is -2.10. The van der Waals surface area contributed by atoms with Crippen molar-refractivity contribution in [3.05, 3.63) is 27.9 Å². The Labute approximate surface area is 87.0 Å². The first-order valence-corrected chi connectivity index (χ1v) is 5.88. The zero-order valence-electron chi connectivity index (χ0n) is 8.30. The smallest absolute Gasteiger partial charge is 0.258 e. The third-order valence-electron chi connectivity index (χ3n) is 1.85. The molecule has 0 saturated heterocycles. The van der Waals surface area contributed by atoms with Crippen molar-refractivity contribution in [2.45, 2.75) is 18.9 Å². The molecule has 1 rings (SSSR count). The van der Waals surface area contributed by atoms with Crippen LogP contribution in [-0.2, 0) is 9.84 Å². The highest BCUT2D eigenvalue weighted by molar-refractivity contribution is 7.91. The fraction of sp³-hybridized carbons (Fsp3) is 0.375. The summed E-state index contributed by atoms with van der Waals surface area (Å²) in [6.45, 7) is 3.00. The van der Waals surface area contributed by atoms with E-state index in [0.717, 1.165) is 6.07 Å². The lowest BCUT2D eigenvalue weighted by atomic mass is 10.3. The highest BCUT2D eigenvalue weighted by Gasteiger charge is 2.25. The standard InChI is InChI=1S/C8H10N2O4S/c1-3-15(13,14)8-7(10(11)12)5-4-6(2)9-8/h4-5H,3H2,1-2H3. The van der Waals surface area contributed by atoms with Gasteiger partial charge in [-0.15, -0.1) is 0 Å². The molecule has 15 heavy (non-hydrogen) atoms. The summed E-state index contributed by atoms with van der Waals surface area (Å²) in [7, 11) is -3.65. The summed E-state index contributed by atoms with van der Waals surface area (Å²) in [6.07, 6.45) is 0. The number of hydrogen-bond acceptors (Lipinski definition) is 5. The van der Waals surface area contributed by atoms with Gasteiger partial charge in [0.25, 0.3) is 0 Å². The van der Waals surface area contributed by atoms with E-state index in [4.69, 9.17) is 0 Å². The van der Waals surface area contributed by atoms with Crippen LogP contribution in [0, 0.1) is 17.0 Å². The molecule has 0 unspecified atom stereocenters. The number of hydrogen-bond donors (Lipinski definition) is 0. The molecule has 0 aliphatic carbocycles. The van der Waals surface area contributed by atoms with Crippen molar-refractivity contribution in [1.82, 2.24) is 4.98 Å². The van der Waals surface area contributed by atoms with Gasteiger partial charge in [0.2, 0.25) is 14.9 Å². The van der Waals surface area contributed by atoms with Gasteiger partial charge in [-0.2, -0.15) is 0 Å². The van der Waals surface area contributed by atoms with Gasteiger partial charge in [0.1, 0.15) is 0 Å². The fourth-order valence-electron chi connectivity index (χ4n) is 1.03. The molecular weight excluding hydrogens is 220 g/mol. The van der Waals surface area contributed by atoms with Gasteiger partial charge in [0, 0.05) is 11.8 Å². The first-order valence-electron chi connectivity index (χ1n) is 4.23. The highest BCUT2D eigenvalue weighted by atomic mass is 32.2. The molecule has 6 nitrogen and oxygen atoms in total. The van der Waals surface area contributed by atoms with Gasteiger partial charge in [0.05, 0.1) is 10.7 Å². The Morgan fingerprint density at radius 1 is 1.47 bits per heavy atom. The Morgan fingerprint density at radius 3 is 2.53 bits per heavy atom. The Bertz CT molecular complexity index is 495. The fourth-order valence-corrected chi connectivity index (χ4v) is 2.05. The zero-order chi connectivity index (χ0) is 11.6. The van der Waals surface area contributed by atoms with Crippen molar-refractivity contribution >= 4 is 15.5 Å². The van der Waals surface area contributed by atoms with Crippen LogP contribution in [0.5, 0.6) is 0 Å². The van der Waals surface area contributed by atoms with E-state index in [9.17, 15) is 18.5 Å². The number of sulfone groups is 1. The minimum absolute atomic E-state index is 0.204. The molecule has 0 aliphatic heterocycles. The molecule has 0 amide bonds. The minimum atomic E-state index is -3.65. The van der Waals surface area contributed by atoms with E-state index in [1.54, 1.807) is 6.92 Å². The molecule has 0 aliphatic rings. The highest BCUT2D eigenvalue weighted by Crippen LogP contribution is 2.22. The Morgan fingerprint density at radius 2 is 2.07 bits per heavy atom. The van der Waals surface area contributed by atoms with Crippen LogP contribution in [0.15, 0.2) is 17.2 Å². The third-order valence-corrected chi connectivity index (χ3v) is 3.50. The Kier molecular flexibility index (Phi) is 3.04. The van der Waals surface area contributed by atoms with Crippen LogP contribution in [0.2, 0.25) is 0 Å². The summed E-state index contributed by atoms with van der Waals surface area (Å²) >= 11 is 0. The number of pyridine rings is 1. The lowest BCUT2D eigenvalue weighted by molar-refractivity contribution is -0.388. The van der Waals surface area contributed by atoms with E-state index >= 15 is 0 Å². The third kappa shape index (κ3) is 2.30. The normalized spacial score (nSPS) is 11.3. The van der Waals surface area contributed by atoms with Crippen molar-refractivity contribution in [2.24, 2.45) is 0 Å². The van der Waals surface area contributed by atoms with Gasteiger partial charge < -0.3 is 0 Å². The average molecular weight is 230 g/mol. The average Bonchev–Trinajstić information content (AvgIpc) is 2.17. The van der Waals surface area contributed by atoms with E-state index < -0.39 is 25.5 Å². The summed E-state index contributed by atoms with van der Waals surface area (Å²) in [5, 5.41) is 10.1. The van der Waals surface area contributed by atoms with Gasteiger partial charge in [0.15, 0.2) is 0 Å². The predicted octanol–water partition coefficient (Wildman–Crippen LogP) is 1.09. The van der Waals surface area contributed by atoms with E-state index in [-0.39, 0.29) is 5.75 Å². The predicted molar refractivity (Wildman–Crippen MR) is 53.4 cm³/mol. The quantitative estimate of drug-likeness (QED) is 0.572. The summed E-state index contributed by atoms with van der Waals surface area (Å²) in [5.74, 6) is -0.204. The molecule has 1 aromatic rings. The largest absolute Gasteiger partial charge is 0.306 e. The number of aryl methyl sites for hydroxylation is 1. The van der Waals surface area contributed by atoms with E-state index in [1.165, 1.54) is 13.0 Å². The summed E-state index contributed by atoms with van der Waals surface area (Å²) in [4.78, 5) is 13.6. The van der Waals surface area contributed by atoms with Crippen molar-refractivity contribution in [2.75, 3.05) is 5.75 Å². The van der Waals surface area contributed by atoms with Crippen molar-refractivity contribution in [3.8, 4) is 0 Å². The minimum Gasteiger partial charge on any atom is -0.258 e. The second kappa shape index (κ2) is 3.93. The number of aromatic nitrogens is 1. The van der Waals surface area contributed by atoms with Crippen LogP contribution in [0.3, 0.4) is 0 Å². The first-order chi connectivity index (χ1) is 6.88. The van der Waals surface area contributed by atoms with Crippen molar-refractivity contribution in [1.29, 1.82) is 0 Å². The second-order valence-electron chi connectivity index (χ2n) is 2.94. The molecule has 0 radical (unpaired) electrons. The van der Waals surface area contributed by atoms with Crippen molar-refractivity contribution < 1.29 is 13.3 Å². The molecule has 0 N–H and O–H groups in total. The Hall–Kier alpha value is -1.50.